The third-order valence-electron chi connectivity index (χ3n) is 1.99. The molecule has 0 aliphatic carbocycles. The predicted molar refractivity (Wildman–Crippen MR) is 58.7 cm³/mol. The van der Waals surface area contributed by atoms with Crippen molar-refractivity contribution in [2.45, 2.75) is 26.3 Å². The molecule has 0 radical (unpaired) electrons. The van der Waals surface area contributed by atoms with Gasteiger partial charge >= 0.3 is 0 Å². The molecule has 0 saturated heterocycles. The Balaban J connectivity index is 3.32. The quantitative estimate of drug-likeness (QED) is 0.595. The first kappa shape index (κ1) is 12.3. The second kappa shape index (κ2) is 7.90. The van der Waals surface area contributed by atoms with E-state index in [1.165, 1.54) is 12.2 Å². The van der Waals surface area contributed by atoms with Gasteiger partial charge in [0, 0.05) is 12.6 Å². The van der Waals surface area contributed by atoms with Gasteiger partial charge in [0.2, 0.25) is 0 Å². The van der Waals surface area contributed by atoms with E-state index < -0.39 is 0 Å². The number of nitrogens with one attached hydrogen (secondary N) is 1. The molecule has 74 valence electrons. The Morgan fingerprint density at radius 1 is 1.42 bits per heavy atom. The van der Waals surface area contributed by atoms with Gasteiger partial charge in [-0.2, -0.15) is 11.8 Å². The van der Waals surface area contributed by atoms with Crippen LogP contribution < -0.4 is 11.1 Å². The van der Waals surface area contributed by atoms with E-state index in [0.717, 1.165) is 13.1 Å². The summed E-state index contributed by atoms with van der Waals surface area (Å²) in [4.78, 5) is 0. The largest absolute Gasteiger partial charge is 0.329 e. The van der Waals surface area contributed by atoms with Crippen LogP contribution in [0, 0.1) is 5.92 Å². The van der Waals surface area contributed by atoms with Gasteiger partial charge in [0.25, 0.3) is 0 Å². The van der Waals surface area contributed by atoms with Crippen molar-refractivity contribution in [3.05, 3.63) is 0 Å². The van der Waals surface area contributed by atoms with Crippen LogP contribution in [0.4, 0.5) is 0 Å². The maximum atomic E-state index is 5.62. The van der Waals surface area contributed by atoms with Crippen LogP contribution in [0.15, 0.2) is 0 Å². The van der Waals surface area contributed by atoms with Crippen molar-refractivity contribution < 1.29 is 0 Å². The molecule has 0 heterocycles. The molecule has 0 rings (SSSR count). The van der Waals surface area contributed by atoms with Crippen molar-refractivity contribution in [2.24, 2.45) is 11.7 Å². The highest BCUT2D eigenvalue weighted by Gasteiger charge is 2.08. The second-order valence-corrected chi connectivity index (χ2v) is 4.37. The number of nitrogens with two attached hydrogens (primary N) is 1. The molecule has 0 fully saturated rings. The van der Waals surface area contributed by atoms with Crippen LogP contribution in [0.5, 0.6) is 0 Å². The molecule has 3 N–H and O–H groups in total. The Kier molecular flexibility index (Phi) is 8.07. The molecule has 1 atom stereocenters. The first-order valence-corrected chi connectivity index (χ1v) is 6.04. The molecule has 3 heteroatoms. The fourth-order valence-corrected chi connectivity index (χ4v) is 1.53. The van der Waals surface area contributed by atoms with Crippen LogP contribution in [0.25, 0.3) is 0 Å². The topological polar surface area (TPSA) is 38.0 Å². The van der Waals surface area contributed by atoms with Gasteiger partial charge in [-0.1, -0.05) is 13.8 Å². The zero-order chi connectivity index (χ0) is 9.40. The van der Waals surface area contributed by atoms with E-state index in [-0.39, 0.29) is 0 Å². The van der Waals surface area contributed by atoms with Gasteiger partial charge in [-0.15, -0.1) is 0 Å². The Morgan fingerprint density at radius 3 is 2.50 bits per heavy atom. The Hall–Kier alpha value is 0.270. The van der Waals surface area contributed by atoms with Crippen molar-refractivity contribution in [3.8, 4) is 0 Å². The molecule has 0 aromatic carbocycles. The van der Waals surface area contributed by atoms with E-state index in [4.69, 9.17) is 5.73 Å². The highest BCUT2D eigenvalue weighted by Crippen LogP contribution is 2.00. The first-order chi connectivity index (χ1) is 5.72. The standard InChI is InChI=1S/C9H22N2S/c1-8(2)9(7-10)11-5-4-6-12-3/h8-9,11H,4-7,10H2,1-3H3. The first-order valence-electron chi connectivity index (χ1n) is 4.64. The zero-order valence-electron chi connectivity index (χ0n) is 8.47. The van der Waals surface area contributed by atoms with Crippen molar-refractivity contribution in [2.75, 3.05) is 25.1 Å². The molecule has 0 spiro atoms. The smallest absolute Gasteiger partial charge is 0.0213 e. The fourth-order valence-electron chi connectivity index (χ4n) is 1.10. The molecule has 0 aliphatic heterocycles. The summed E-state index contributed by atoms with van der Waals surface area (Å²) in [5.74, 6) is 1.88. The van der Waals surface area contributed by atoms with Gasteiger partial charge in [-0.25, -0.2) is 0 Å². The van der Waals surface area contributed by atoms with Crippen molar-refractivity contribution in [1.29, 1.82) is 0 Å². The molecule has 0 saturated carbocycles. The summed E-state index contributed by atoms with van der Waals surface area (Å²) in [6, 6.07) is 0.492. The van der Waals surface area contributed by atoms with Gasteiger partial charge in [0.15, 0.2) is 0 Å². The third kappa shape index (κ3) is 5.86. The van der Waals surface area contributed by atoms with Crippen LogP contribution >= 0.6 is 11.8 Å². The average Bonchev–Trinajstić information content (AvgIpc) is 2.04. The Labute approximate surface area is 80.7 Å². The maximum absolute atomic E-state index is 5.62. The summed E-state index contributed by atoms with van der Waals surface area (Å²) in [5.41, 5.74) is 5.62. The molecule has 0 bridgehead atoms. The van der Waals surface area contributed by atoms with E-state index >= 15 is 0 Å². The molecule has 2 nitrogen and oxygen atoms in total. The molecule has 0 aromatic rings. The summed E-state index contributed by atoms with van der Waals surface area (Å²) in [7, 11) is 0. The Bertz CT molecular complexity index is 96.5. The molecule has 1 unspecified atom stereocenters. The SMILES string of the molecule is CSCCCNC(CN)C(C)C. The third-order valence-corrected chi connectivity index (χ3v) is 2.69. The van der Waals surface area contributed by atoms with Crippen LogP contribution in [0.3, 0.4) is 0 Å². The van der Waals surface area contributed by atoms with E-state index in [2.05, 4.69) is 25.4 Å². The van der Waals surface area contributed by atoms with Gasteiger partial charge in [-0.05, 0) is 30.9 Å². The molecule has 0 aliphatic rings. The normalized spacial score (nSPS) is 13.8. The average molecular weight is 190 g/mol. The molecule has 0 aromatic heterocycles. The highest BCUT2D eigenvalue weighted by atomic mass is 32.2. The van der Waals surface area contributed by atoms with Gasteiger partial charge in [-0.3, -0.25) is 0 Å². The van der Waals surface area contributed by atoms with E-state index in [0.29, 0.717) is 12.0 Å². The summed E-state index contributed by atoms with van der Waals surface area (Å²) in [6.45, 7) is 6.26. The lowest BCUT2D eigenvalue weighted by Crippen LogP contribution is -2.40. The molecule has 0 amide bonds. The van der Waals surface area contributed by atoms with Gasteiger partial charge < -0.3 is 11.1 Å². The van der Waals surface area contributed by atoms with E-state index in [1.54, 1.807) is 0 Å². The van der Waals surface area contributed by atoms with Crippen molar-refractivity contribution in [1.82, 2.24) is 5.32 Å². The minimum atomic E-state index is 0.492. The number of thioether (sulfide) groups is 1. The van der Waals surface area contributed by atoms with Crippen LogP contribution in [0.2, 0.25) is 0 Å². The molecule has 12 heavy (non-hydrogen) atoms. The van der Waals surface area contributed by atoms with Gasteiger partial charge in [0.1, 0.15) is 0 Å². The summed E-state index contributed by atoms with van der Waals surface area (Å²) >= 11 is 1.90. The fraction of sp³-hybridized carbons (Fsp3) is 1.00. The highest BCUT2D eigenvalue weighted by molar-refractivity contribution is 7.98. The van der Waals surface area contributed by atoms with Crippen LogP contribution in [-0.4, -0.2) is 31.1 Å². The monoisotopic (exact) mass is 190 g/mol. The zero-order valence-corrected chi connectivity index (χ0v) is 9.29. The molecular weight excluding hydrogens is 168 g/mol. The number of rotatable bonds is 7. The second-order valence-electron chi connectivity index (χ2n) is 3.39. The lowest BCUT2D eigenvalue weighted by atomic mass is 10.1. The van der Waals surface area contributed by atoms with E-state index in [1.807, 2.05) is 11.8 Å². The van der Waals surface area contributed by atoms with E-state index in [9.17, 15) is 0 Å². The van der Waals surface area contributed by atoms with Crippen LogP contribution in [-0.2, 0) is 0 Å². The lowest BCUT2D eigenvalue weighted by Gasteiger charge is -2.20. The minimum Gasteiger partial charge on any atom is -0.329 e. The summed E-state index contributed by atoms with van der Waals surface area (Å²) < 4.78 is 0. The van der Waals surface area contributed by atoms with Gasteiger partial charge in [0.05, 0.1) is 0 Å². The van der Waals surface area contributed by atoms with Crippen molar-refractivity contribution >= 4 is 11.8 Å². The lowest BCUT2D eigenvalue weighted by molar-refractivity contribution is 0.407. The predicted octanol–water partition coefficient (Wildman–Crippen LogP) is 1.31. The summed E-state index contributed by atoms with van der Waals surface area (Å²) in [5, 5.41) is 3.47. The molecular formula is C9H22N2S. The summed E-state index contributed by atoms with van der Waals surface area (Å²) in [6.07, 6.45) is 3.38. The number of hydrogen-bond acceptors (Lipinski definition) is 3. The number of hydrogen-bond donors (Lipinski definition) is 2. The minimum absolute atomic E-state index is 0.492. The Morgan fingerprint density at radius 2 is 2.08 bits per heavy atom. The maximum Gasteiger partial charge on any atom is 0.0213 e. The van der Waals surface area contributed by atoms with Crippen LogP contribution in [0.1, 0.15) is 20.3 Å². The van der Waals surface area contributed by atoms with Crippen molar-refractivity contribution in [3.63, 3.8) is 0 Å².